The van der Waals surface area contributed by atoms with Crippen LogP contribution in [0, 0.1) is 6.92 Å². The van der Waals surface area contributed by atoms with Crippen LogP contribution in [0.4, 0.5) is 5.69 Å². The second kappa shape index (κ2) is 13.2. The van der Waals surface area contributed by atoms with Gasteiger partial charge in [0.25, 0.3) is 0 Å². The first kappa shape index (κ1) is 28.9. The Morgan fingerprint density at radius 1 is 0.895 bits per heavy atom. The molecule has 0 saturated carbocycles. The summed E-state index contributed by atoms with van der Waals surface area (Å²) in [5.74, 6) is -0.729. The molecule has 0 saturated heterocycles. The topological polar surface area (TPSA) is 86.8 Å². The summed E-state index contributed by atoms with van der Waals surface area (Å²) in [7, 11) is -3.79. The molecule has 0 unspecified atom stereocenters. The second-order valence-corrected chi connectivity index (χ2v) is 11.3. The lowest BCUT2D eigenvalue weighted by Gasteiger charge is -2.34. The van der Waals surface area contributed by atoms with E-state index in [1.807, 2.05) is 87.5 Å². The Morgan fingerprint density at radius 2 is 1.55 bits per heavy atom. The number of hydrogen-bond donors (Lipinski definition) is 1. The van der Waals surface area contributed by atoms with Crippen LogP contribution in [-0.2, 0) is 39.0 Å². The van der Waals surface area contributed by atoms with Crippen LogP contribution in [-0.4, -0.2) is 50.5 Å². The lowest BCUT2D eigenvalue weighted by atomic mass is 10.0. The van der Waals surface area contributed by atoms with E-state index in [1.54, 1.807) is 12.1 Å². The molecule has 3 aromatic carbocycles. The summed E-state index contributed by atoms with van der Waals surface area (Å²) >= 11 is 0. The Hall–Kier alpha value is -3.65. The summed E-state index contributed by atoms with van der Waals surface area (Å²) in [6.07, 6.45) is 2.01. The summed E-state index contributed by atoms with van der Waals surface area (Å²) < 4.78 is 27.0. The third-order valence-corrected chi connectivity index (χ3v) is 7.50. The number of benzene rings is 3. The van der Waals surface area contributed by atoms with Gasteiger partial charge in [0.15, 0.2) is 0 Å². The Kier molecular flexibility index (Phi) is 10.1. The number of sulfonamides is 1. The minimum absolute atomic E-state index is 0.169. The highest BCUT2D eigenvalue weighted by atomic mass is 32.2. The van der Waals surface area contributed by atoms with Crippen LogP contribution < -0.4 is 9.62 Å². The first-order chi connectivity index (χ1) is 18.1. The Balaban J connectivity index is 2.06. The molecular formula is C30H37N3O4S. The quantitative estimate of drug-likeness (QED) is 0.378. The number of amides is 2. The summed E-state index contributed by atoms with van der Waals surface area (Å²) in [6.45, 7) is 5.91. The van der Waals surface area contributed by atoms with Gasteiger partial charge in [-0.25, -0.2) is 8.42 Å². The van der Waals surface area contributed by atoms with Crippen LogP contribution in [0.1, 0.15) is 36.1 Å². The molecule has 8 heteroatoms. The van der Waals surface area contributed by atoms with Crippen molar-refractivity contribution in [3.05, 3.63) is 101 Å². The van der Waals surface area contributed by atoms with Crippen molar-refractivity contribution in [2.45, 2.75) is 46.2 Å². The van der Waals surface area contributed by atoms with Crippen molar-refractivity contribution < 1.29 is 18.0 Å². The van der Waals surface area contributed by atoms with Crippen molar-refractivity contribution in [3.63, 3.8) is 0 Å². The van der Waals surface area contributed by atoms with Crippen LogP contribution in [0.3, 0.4) is 0 Å². The van der Waals surface area contributed by atoms with E-state index in [2.05, 4.69) is 5.32 Å². The predicted octanol–water partition coefficient (Wildman–Crippen LogP) is 4.10. The maximum absolute atomic E-state index is 14.0. The average Bonchev–Trinajstić information content (AvgIpc) is 2.89. The third kappa shape index (κ3) is 7.68. The number of anilines is 1. The molecule has 38 heavy (non-hydrogen) atoms. The van der Waals surface area contributed by atoms with Gasteiger partial charge in [-0.1, -0.05) is 85.3 Å². The van der Waals surface area contributed by atoms with Crippen LogP contribution in [0.25, 0.3) is 0 Å². The lowest BCUT2D eigenvalue weighted by Crippen LogP contribution is -2.53. The maximum Gasteiger partial charge on any atom is 0.244 e. The summed E-state index contributed by atoms with van der Waals surface area (Å²) in [4.78, 5) is 28.9. The molecule has 202 valence electrons. The van der Waals surface area contributed by atoms with Gasteiger partial charge in [-0.3, -0.25) is 13.9 Å². The molecule has 0 aliphatic carbocycles. The molecule has 2 amide bonds. The molecule has 3 rings (SSSR count). The van der Waals surface area contributed by atoms with Crippen molar-refractivity contribution in [1.29, 1.82) is 0 Å². The molecule has 0 bridgehead atoms. The highest BCUT2D eigenvalue weighted by Gasteiger charge is 2.33. The number of likely N-dealkylation sites (N-methyl/N-ethyl adjacent to an activating group) is 1. The zero-order chi connectivity index (χ0) is 27.7. The minimum Gasteiger partial charge on any atom is -0.355 e. The van der Waals surface area contributed by atoms with Gasteiger partial charge in [0.2, 0.25) is 21.8 Å². The number of carbonyl (C=O) groups is 2. The number of rotatable bonds is 12. The van der Waals surface area contributed by atoms with Crippen molar-refractivity contribution >= 4 is 27.5 Å². The third-order valence-electron chi connectivity index (χ3n) is 6.38. The van der Waals surface area contributed by atoms with Crippen molar-refractivity contribution in [1.82, 2.24) is 10.2 Å². The van der Waals surface area contributed by atoms with Gasteiger partial charge in [-0.15, -0.1) is 0 Å². The van der Waals surface area contributed by atoms with Gasteiger partial charge in [0.05, 0.1) is 11.9 Å². The molecule has 7 nitrogen and oxygen atoms in total. The fourth-order valence-corrected chi connectivity index (χ4v) is 5.38. The van der Waals surface area contributed by atoms with Crippen molar-refractivity contribution in [2.24, 2.45) is 0 Å². The van der Waals surface area contributed by atoms with E-state index in [9.17, 15) is 18.0 Å². The molecule has 0 aliphatic heterocycles. The van der Waals surface area contributed by atoms with E-state index in [1.165, 1.54) is 4.90 Å². The Labute approximate surface area is 226 Å². The molecule has 1 N–H and O–H groups in total. The number of para-hydroxylation sites is 1. The van der Waals surface area contributed by atoms with Crippen LogP contribution >= 0.6 is 0 Å². The van der Waals surface area contributed by atoms with Gasteiger partial charge in [0.1, 0.15) is 12.6 Å². The van der Waals surface area contributed by atoms with Gasteiger partial charge >= 0.3 is 0 Å². The summed E-state index contributed by atoms with van der Waals surface area (Å²) in [5.41, 5.74) is 4.09. The maximum atomic E-state index is 14.0. The minimum atomic E-state index is -3.79. The molecule has 0 aliphatic rings. The van der Waals surface area contributed by atoms with Crippen molar-refractivity contribution in [2.75, 3.05) is 23.7 Å². The molecule has 0 aromatic heterocycles. The largest absolute Gasteiger partial charge is 0.355 e. The van der Waals surface area contributed by atoms with Crippen LogP contribution in [0.15, 0.2) is 78.9 Å². The van der Waals surface area contributed by atoms with E-state index < -0.39 is 28.5 Å². The fraction of sp³-hybridized carbons (Fsp3) is 0.333. The first-order valence-corrected chi connectivity index (χ1v) is 14.7. The zero-order valence-electron chi connectivity index (χ0n) is 22.6. The van der Waals surface area contributed by atoms with E-state index in [0.717, 1.165) is 32.8 Å². The molecule has 0 radical (unpaired) electrons. The standard InChI is InChI=1S/C30H37N3O4S/c1-5-26-17-10-11-18-27(26)33(38(4,36)37)22-29(34)32(21-25-16-12-13-23(3)19-25)28(30(35)31-6-2)20-24-14-8-7-9-15-24/h7-19,28H,5-6,20-22H2,1-4H3,(H,31,35)/t28-/m0/s1. The monoisotopic (exact) mass is 535 g/mol. The van der Waals surface area contributed by atoms with Gasteiger partial charge < -0.3 is 10.2 Å². The van der Waals surface area contributed by atoms with E-state index >= 15 is 0 Å². The highest BCUT2D eigenvalue weighted by molar-refractivity contribution is 7.92. The van der Waals surface area contributed by atoms with E-state index in [0.29, 0.717) is 25.1 Å². The molecule has 0 spiro atoms. The number of carbonyl (C=O) groups excluding carboxylic acids is 2. The number of nitrogens with zero attached hydrogens (tertiary/aromatic N) is 2. The summed E-state index contributed by atoms with van der Waals surface area (Å²) in [6, 6.07) is 23.6. The van der Waals surface area contributed by atoms with Gasteiger partial charge in [-0.05, 0) is 43.0 Å². The molecule has 1 atom stereocenters. The zero-order valence-corrected chi connectivity index (χ0v) is 23.4. The molecule has 0 fully saturated rings. The molecule has 3 aromatic rings. The van der Waals surface area contributed by atoms with Gasteiger partial charge in [-0.2, -0.15) is 0 Å². The first-order valence-electron chi connectivity index (χ1n) is 12.9. The Bertz CT molecular complexity index is 1340. The van der Waals surface area contributed by atoms with E-state index in [4.69, 9.17) is 0 Å². The average molecular weight is 536 g/mol. The van der Waals surface area contributed by atoms with E-state index in [-0.39, 0.29) is 12.5 Å². The fourth-order valence-electron chi connectivity index (χ4n) is 4.50. The second-order valence-electron chi connectivity index (χ2n) is 9.36. The predicted molar refractivity (Wildman–Crippen MR) is 152 cm³/mol. The van der Waals surface area contributed by atoms with Crippen molar-refractivity contribution in [3.8, 4) is 0 Å². The SMILES string of the molecule is CCNC(=O)[C@H](Cc1ccccc1)N(Cc1cccc(C)c1)C(=O)CN(c1ccccc1CC)S(C)(=O)=O. The normalized spacial score (nSPS) is 12.0. The smallest absolute Gasteiger partial charge is 0.244 e. The van der Waals surface area contributed by atoms with Gasteiger partial charge in [0, 0.05) is 19.5 Å². The number of hydrogen-bond acceptors (Lipinski definition) is 4. The molecule has 0 heterocycles. The highest BCUT2D eigenvalue weighted by Crippen LogP contribution is 2.24. The van der Waals surface area contributed by atoms with Crippen LogP contribution in [0.2, 0.25) is 0 Å². The lowest BCUT2D eigenvalue weighted by molar-refractivity contribution is -0.140. The Morgan fingerprint density at radius 3 is 2.18 bits per heavy atom. The number of aryl methyl sites for hydroxylation is 2. The molecular weight excluding hydrogens is 498 g/mol. The summed E-state index contributed by atoms with van der Waals surface area (Å²) in [5, 5.41) is 2.87. The van der Waals surface area contributed by atoms with Crippen LogP contribution in [0.5, 0.6) is 0 Å². The number of nitrogens with one attached hydrogen (secondary N) is 1.